The number of ether oxygens (including phenoxy) is 1. The first-order valence-corrected chi connectivity index (χ1v) is 7.09. The van der Waals surface area contributed by atoms with Crippen LogP contribution in [0.1, 0.15) is 16.3 Å². The lowest BCUT2D eigenvalue weighted by atomic mass is 10.3. The van der Waals surface area contributed by atoms with Crippen molar-refractivity contribution in [3.05, 3.63) is 35.9 Å². The molecule has 2 aromatic heterocycles. The third-order valence-electron chi connectivity index (χ3n) is 3.56. The number of pyridine rings is 1. The van der Waals surface area contributed by atoms with Crippen molar-refractivity contribution in [2.24, 2.45) is 0 Å². The van der Waals surface area contributed by atoms with Crippen LogP contribution in [-0.2, 0) is 11.2 Å². The molecule has 114 valence electrons. The molecule has 0 N–H and O–H groups in total. The summed E-state index contributed by atoms with van der Waals surface area (Å²) in [5.41, 5.74) is 1.11. The maximum atomic E-state index is 11.4. The number of rotatable bonds is 4. The van der Waals surface area contributed by atoms with E-state index in [4.69, 9.17) is 16.3 Å². The zero-order valence-electron chi connectivity index (χ0n) is 11.5. The van der Waals surface area contributed by atoms with Crippen LogP contribution in [-0.4, -0.2) is 52.4 Å². The van der Waals surface area contributed by atoms with E-state index >= 15 is 0 Å². The van der Waals surface area contributed by atoms with Gasteiger partial charge in [-0.2, -0.15) is 0 Å². The third-order valence-corrected chi connectivity index (χ3v) is 3.74. The zero-order valence-corrected chi connectivity index (χ0v) is 13.1. The highest BCUT2D eigenvalue weighted by molar-refractivity contribution is 6.68. The summed E-state index contributed by atoms with van der Waals surface area (Å²) in [5, 5.41) is -0.508. The molecular formula is C14H17Cl2N3O2. The molecule has 0 unspecified atom stereocenters. The highest BCUT2D eigenvalue weighted by Crippen LogP contribution is 2.16. The van der Waals surface area contributed by atoms with Gasteiger partial charge in [0.1, 0.15) is 11.5 Å². The molecular weight excluding hydrogens is 313 g/mol. The molecule has 0 atom stereocenters. The van der Waals surface area contributed by atoms with Crippen LogP contribution in [0.25, 0.3) is 5.52 Å². The minimum absolute atomic E-state index is 0. The summed E-state index contributed by atoms with van der Waals surface area (Å²) in [6, 6.07) is 5.67. The Balaban J connectivity index is 0.00000161. The van der Waals surface area contributed by atoms with Crippen molar-refractivity contribution >= 4 is 34.8 Å². The van der Waals surface area contributed by atoms with Gasteiger partial charge in [0.15, 0.2) is 0 Å². The predicted molar refractivity (Wildman–Crippen MR) is 83.6 cm³/mol. The van der Waals surface area contributed by atoms with Crippen LogP contribution in [0.2, 0.25) is 0 Å². The Kier molecular flexibility index (Phi) is 5.58. The van der Waals surface area contributed by atoms with E-state index in [0.717, 1.165) is 50.6 Å². The minimum atomic E-state index is -0.508. The predicted octanol–water partition coefficient (Wildman–Crippen LogP) is 2.01. The number of carbonyl (C=O) groups is 1. The number of fused-ring (bicyclic) bond motifs is 1. The van der Waals surface area contributed by atoms with E-state index in [0.29, 0.717) is 5.69 Å². The maximum absolute atomic E-state index is 11.4. The van der Waals surface area contributed by atoms with Gasteiger partial charge in [-0.25, -0.2) is 4.98 Å². The van der Waals surface area contributed by atoms with Crippen molar-refractivity contribution in [1.82, 2.24) is 14.3 Å². The molecule has 3 heterocycles. The molecule has 7 heteroatoms. The van der Waals surface area contributed by atoms with Crippen molar-refractivity contribution in [1.29, 1.82) is 0 Å². The number of imidazole rings is 1. The van der Waals surface area contributed by atoms with E-state index in [1.165, 1.54) is 0 Å². The Morgan fingerprint density at radius 1 is 1.33 bits per heavy atom. The largest absolute Gasteiger partial charge is 0.379 e. The van der Waals surface area contributed by atoms with E-state index < -0.39 is 5.24 Å². The molecule has 0 spiro atoms. The standard InChI is InChI=1S/C14H16ClN3O2.ClH/c15-14(19)13-11-3-1-2-5-18(11)12(16-13)4-6-17-7-9-20-10-8-17;/h1-3,5H,4,6-10H2;1H. The van der Waals surface area contributed by atoms with Crippen molar-refractivity contribution in [3.8, 4) is 0 Å². The molecule has 0 radical (unpaired) electrons. The van der Waals surface area contributed by atoms with Crippen LogP contribution in [0.15, 0.2) is 24.4 Å². The summed E-state index contributed by atoms with van der Waals surface area (Å²) in [4.78, 5) is 18.2. The monoisotopic (exact) mass is 329 g/mol. The van der Waals surface area contributed by atoms with Crippen molar-refractivity contribution < 1.29 is 9.53 Å². The summed E-state index contributed by atoms with van der Waals surface area (Å²) >= 11 is 5.60. The molecule has 0 amide bonds. The first-order chi connectivity index (χ1) is 9.75. The van der Waals surface area contributed by atoms with E-state index in [2.05, 4.69) is 9.88 Å². The molecule has 1 aliphatic rings. The normalized spacial score (nSPS) is 15.9. The Morgan fingerprint density at radius 3 is 2.81 bits per heavy atom. The summed E-state index contributed by atoms with van der Waals surface area (Å²) in [6.45, 7) is 4.38. The smallest absolute Gasteiger partial charge is 0.273 e. The van der Waals surface area contributed by atoms with Crippen LogP contribution < -0.4 is 0 Å². The highest BCUT2D eigenvalue weighted by Gasteiger charge is 2.16. The molecule has 21 heavy (non-hydrogen) atoms. The lowest BCUT2D eigenvalue weighted by Crippen LogP contribution is -2.37. The van der Waals surface area contributed by atoms with Crippen molar-refractivity contribution in [2.75, 3.05) is 32.8 Å². The third kappa shape index (κ3) is 3.55. The average Bonchev–Trinajstić information content (AvgIpc) is 2.85. The van der Waals surface area contributed by atoms with E-state index in [9.17, 15) is 4.79 Å². The van der Waals surface area contributed by atoms with Crippen LogP contribution >= 0.6 is 24.0 Å². The fourth-order valence-corrected chi connectivity index (χ4v) is 2.64. The first-order valence-electron chi connectivity index (χ1n) is 6.71. The summed E-state index contributed by atoms with van der Waals surface area (Å²) in [7, 11) is 0. The summed E-state index contributed by atoms with van der Waals surface area (Å²) in [6.07, 6.45) is 2.70. The first kappa shape index (κ1) is 16.2. The number of hydrogen-bond acceptors (Lipinski definition) is 4. The molecule has 1 saturated heterocycles. The molecule has 0 bridgehead atoms. The van der Waals surface area contributed by atoms with E-state index in [1.807, 2.05) is 28.8 Å². The number of aromatic nitrogens is 2. The second-order valence-electron chi connectivity index (χ2n) is 4.81. The average molecular weight is 330 g/mol. The Morgan fingerprint density at radius 2 is 2.10 bits per heavy atom. The second-order valence-corrected chi connectivity index (χ2v) is 5.15. The fourth-order valence-electron chi connectivity index (χ4n) is 2.51. The lowest BCUT2D eigenvalue weighted by molar-refractivity contribution is 0.0382. The SMILES string of the molecule is Cl.O=C(Cl)c1nc(CCN2CCOCC2)n2ccccc12. The van der Waals surface area contributed by atoms with Crippen molar-refractivity contribution in [3.63, 3.8) is 0 Å². The van der Waals surface area contributed by atoms with Gasteiger partial charge in [0, 0.05) is 32.3 Å². The molecule has 2 aromatic rings. The summed E-state index contributed by atoms with van der Waals surface area (Å²) < 4.78 is 7.27. The Hall–Kier alpha value is -1.14. The van der Waals surface area contributed by atoms with Gasteiger partial charge in [-0.3, -0.25) is 9.69 Å². The van der Waals surface area contributed by atoms with Crippen LogP contribution in [0.3, 0.4) is 0 Å². The van der Waals surface area contributed by atoms with Crippen LogP contribution in [0, 0.1) is 0 Å². The van der Waals surface area contributed by atoms with Gasteiger partial charge < -0.3 is 9.14 Å². The fraction of sp³-hybridized carbons (Fsp3) is 0.429. The second kappa shape index (κ2) is 7.22. The van der Waals surface area contributed by atoms with Gasteiger partial charge in [0.25, 0.3) is 5.24 Å². The lowest BCUT2D eigenvalue weighted by Gasteiger charge is -2.26. The number of morpholine rings is 1. The van der Waals surface area contributed by atoms with E-state index in [-0.39, 0.29) is 12.4 Å². The molecule has 5 nitrogen and oxygen atoms in total. The Labute approximate surface area is 134 Å². The minimum Gasteiger partial charge on any atom is -0.379 e. The van der Waals surface area contributed by atoms with Crippen LogP contribution in [0.5, 0.6) is 0 Å². The molecule has 0 saturated carbocycles. The maximum Gasteiger partial charge on any atom is 0.273 e. The van der Waals surface area contributed by atoms with Gasteiger partial charge in [0.05, 0.1) is 18.7 Å². The highest BCUT2D eigenvalue weighted by atomic mass is 35.5. The van der Waals surface area contributed by atoms with Gasteiger partial charge in [0.2, 0.25) is 0 Å². The van der Waals surface area contributed by atoms with Gasteiger partial charge in [-0.05, 0) is 23.7 Å². The number of nitrogens with zero attached hydrogens (tertiary/aromatic N) is 3. The van der Waals surface area contributed by atoms with Crippen molar-refractivity contribution in [2.45, 2.75) is 6.42 Å². The molecule has 1 fully saturated rings. The molecule has 1 aliphatic heterocycles. The van der Waals surface area contributed by atoms with Crippen LogP contribution in [0.4, 0.5) is 0 Å². The van der Waals surface area contributed by atoms with Gasteiger partial charge in [-0.15, -0.1) is 12.4 Å². The number of halogens is 2. The zero-order chi connectivity index (χ0) is 13.9. The molecule has 0 aromatic carbocycles. The number of carbonyl (C=O) groups excluding carboxylic acids is 1. The van der Waals surface area contributed by atoms with E-state index in [1.54, 1.807) is 0 Å². The van der Waals surface area contributed by atoms with Gasteiger partial charge in [-0.1, -0.05) is 6.07 Å². The summed E-state index contributed by atoms with van der Waals surface area (Å²) in [5.74, 6) is 0.871. The topological polar surface area (TPSA) is 46.8 Å². The van der Waals surface area contributed by atoms with Gasteiger partial charge >= 0.3 is 0 Å². The number of hydrogen-bond donors (Lipinski definition) is 0. The Bertz CT molecular complexity index is 624. The molecule has 0 aliphatic carbocycles. The molecule has 3 rings (SSSR count). The quantitative estimate of drug-likeness (QED) is 0.805.